The minimum Gasteiger partial charge on any atom is -0.298 e. The van der Waals surface area contributed by atoms with Crippen molar-refractivity contribution in [1.82, 2.24) is 9.88 Å². The molecule has 1 rings (SSSR count). The Hall–Kier alpha value is -0.890. The molecule has 0 radical (unpaired) electrons. The second-order valence-electron chi connectivity index (χ2n) is 3.78. The first kappa shape index (κ1) is 10.2. The number of rotatable bonds is 3. The zero-order chi connectivity index (χ0) is 9.84. The van der Waals surface area contributed by atoms with Crippen molar-refractivity contribution in [3.63, 3.8) is 0 Å². The number of aromatic nitrogens is 1. The summed E-state index contributed by atoms with van der Waals surface area (Å²) in [6.45, 7) is 7.43. The molecule has 0 aliphatic heterocycles. The largest absolute Gasteiger partial charge is 0.298 e. The minimum atomic E-state index is 0.571. The number of nitrogens with zero attached hydrogens (tertiary/aromatic N) is 2. The zero-order valence-corrected chi connectivity index (χ0v) is 8.91. The number of pyridine rings is 1. The molecule has 0 spiro atoms. The molecule has 72 valence electrons. The van der Waals surface area contributed by atoms with Gasteiger partial charge in [-0.25, -0.2) is 0 Å². The molecule has 0 saturated heterocycles. The third-order valence-electron chi connectivity index (χ3n) is 2.40. The van der Waals surface area contributed by atoms with Gasteiger partial charge < -0.3 is 0 Å². The van der Waals surface area contributed by atoms with Crippen LogP contribution in [0.3, 0.4) is 0 Å². The standard InChI is InChI=1S/C11H18N2/c1-9(2)13(4)8-11-10(3)6-5-7-12-11/h5-7,9H,8H2,1-4H3. The molecular weight excluding hydrogens is 160 g/mol. The second-order valence-corrected chi connectivity index (χ2v) is 3.78. The first-order valence-electron chi connectivity index (χ1n) is 4.72. The number of hydrogen-bond acceptors (Lipinski definition) is 2. The van der Waals surface area contributed by atoms with Crippen LogP contribution >= 0.6 is 0 Å². The molecule has 0 aliphatic rings. The summed E-state index contributed by atoms with van der Waals surface area (Å²) in [6, 6.07) is 4.66. The summed E-state index contributed by atoms with van der Waals surface area (Å²) < 4.78 is 0. The van der Waals surface area contributed by atoms with Gasteiger partial charge in [0.25, 0.3) is 0 Å². The van der Waals surface area contributed by atoms with Gasteiger partial charge in [-0.15, -0.1) is 0 Å². The molecule has 1 aromatic heterocycles. The Kier molecular flexibility index (Phi) is 3.43. The molecule has 2 nitrogen and oxygen atoms in total. The topological polar surface area (TPSA) is 16.1 Å². The van der Waals surface area contributed by atoms with Crippen molar-refractivity contribution in [3.8, 4) is 0 Å². The van der Waals surface area contributed by atoms with Gasteiger partial charge in [0.05, 0.1) is 5.69 Å². The maximum Gasteiger partial charge on any atom is 0.0573 e. The van der Waals surface area contributed by atoms with Crippen LogP contribution in [0.4, 0.5) is 0 Å². The third kappa shape index (κ3) is 2.81. The van der Waals surface area contributed by atoms with E-state index in [4.69, 9.17) is 0 Å². The van der Waals surface area contributed by atoms with E-state index in [2.05, 4.69) is 43.8 Å². The molecule has 0 saturated carbocycles. The molecule has 0 unspecified atom stereocenters. The van der Waals surface area contributed by atoms with Crippen LogP contribution in [-0.2, 0) is 6.54 Å². The fourth-order valence-corrected chi connectivity index (χ4v) is 1.10. The molecule has 13 heavy (non-hydrogen) atoms. The van der Waals surface area contributed by atoms with E-state index in [-0.39, 0.29) is 0 Å². The van der Waals surface area contributed by atoms with Crippen molar-refractivity contribution in [2.24, 2.45) is 0 Å². The summed E-state index contributed by atoms with van der Waals surface area (Å²) in [7, 11) is 2.12. The van der Waals surface area contributed by atoms with Crippen molar-refractivity contribution in [2.75, 3.05) is 7.05 Å². The van der Waals surface area contributed by atoms with Crippen molar-refractivity contribution >= 4 is 0 Å². The lowest BCUT2D eigenvalue weighted by atomic mass is 10.2. The maximum absolute atomic E-state index is 4.36. The summed E-state index contributed by atoms with van der Waals surface area (Å²) in [4.78, 5) is 6.65. The van der Waals surface area contributed by atoms with Crippen LogP contribution in [0.1, 0.15) is 25.1 Å². The Balaban J connectivity index is 2.69. The van der Waals surface area contributed by atoms with E-state index in [0.717, 1.165) is 6.54 Å². The van der Waals surface area contributed by atoms with Crippen LogP contribution in [0, 0.1) is 6.92 Å². The lowest BCUT2D eigenvalue weighted by Crippen LogP contribution is -2.26. The lowest BCUT2D eigenvalue weighted by Gasteiger charge is -2.21. The van der Waals surface area contributed by atoms with Crippen LogP contribution in [0.15, 0.2) is 18.3 Å². The molecule has 2 heteroatoms. The van der Waals surface area contributed by atoms with E-state index < -0.39 is 0 Å². The normalized spacial score (nSPS) is 11.2. The smallest absolute Gasteiger partial charge is 0.0573 e. The van der Waals surface area contributed by atoms with E-state index in [1.54, 1.807) is 0 Å². The van der Waals surface area contributed by atoms with Crippen LogP contribution < -0.4 is 0 Å². The Morgan fingerprint density at radius 3 is 2.69 bits per heavy atom. The minimum absolute atomic E-state index is 0.571. The predicted molar refractivity (Wildman–Crippen MR) is 55.6 cm³/mol. The van der Waals surface area contributed by atoms with Gasteiger partial charge >= 0.3 is 0 Å². The van der Waals surface area contributed by atoms with E-state index in [1.807, 2.05) is 12.3 Å². The highest BCUT2D eigenvalue weighted by atomic mass is 15.1. The summed E-state index contributed by atoms with van der Waals surface area (Å²) in [5, 5.41) is 0. The third-order valence-corrected chi connectivity index (χ3v) is 2.40. The van der Waals surface area contributed by atoms with Crippen LogP contribution in [0.25, 0.3) is 0 Å². The zero-order valence-electron chi connectivity index (χ0n) is 8.91. The monoisotopic (exact) mass is 178 g/mol. The fourth-order valence-electron chi connectivity index (χ4n) is 1.10. The summed E-state index contributed by atoms with van der Waals surface area (Å²) in [6.07, 6.45) is 1.86. The van der Waals surface area contributed by atoms with E-state index in [1.165, 1.54) is 11.3 Å². The fraction of sp³-hybridized carbons (Fsp3) is 0.545. The second kappa shape index (κ2) is 4.38. The van der Waals surface area contributed by atoms with Gasteiger partial charge in [-0.3, -0.25) is 9.88 Å². The van der Waals surface area contributed by atoms with Gasteiger partial charge in [0, 0.05) is 18.8 Å². The summed E-state index contributed by atoms with van der Waals surface area (Å²) in [5.41, 5.74) is 2.45. The summed E-state index contributed by atoms with van der Waals surface area (Å²) in [5.74, 6) is 0. The van der Waals surface area contributed by atoms with Gasteiger partial charge in [-0.1, -0.05) is 6.07 Å². The first-order chi connectivity index (χ1) is 6.11. The lowest BCUT2D eigenvalue weighted by molar-refractivity contribution is 0.262. The van der Waals surface area contributed by atoms with Crippen molar-refractivity contribution in [1.29, 1.82) is 0 Å². The molecule has 0 amide bonds. The first-order valence-corrected chi connectivity index (χ1v) is 4.72. The highest BCUT2D eigenvalue weighted by Gasteiger charge is 2.06. The predicted octanol–water partition coefficient (Wildman–Crippen LogP) is 2.23. The molecular formula is C11H18N2. The van der Waals surface area contributed by atoms with Crippen molar-refractivity contribution in [2.45, 2.75) is 33.4 Å². The van der Waals surface area contributed by atoms with Gasteiger partial charge in [0.15, 0.2) is 0 Å². The number of hydrogen-bond donors (Lipinski definition) is 0. The highest BCUT2D eigenvalue weighted by Crippen LogP contribution is 2.07. The molecule has 0 atom stereocenters. The van der Waals surface area contributed by atoms with Gasteiger partial charge in [-0.2, -0.15) is 0 Å². The molecule has 0 aliphatic carbocycles. The average molecular weight is 178 g/mol. The quantitative estimate of drug-likeness (QED) is 0.705. The van der Waals surface area contributed by atoms with Crippen molar-refractivity contribution in [3.05, 3.63) is 29.6 Å². The van der Waals surface area contributed by atoms with Crippen LogP contribution in [-0.4, -0.2) is 23.0 Å². The molecule has 1 aromatic rings. The SMILES string of the molecule is Cc1cccnc1CN(C)C(C)C. The van der Waals surface area contributed by atoms with Crippen LogP contribution in [0.5, 0.6) is 0 Å². The van der Waals surface area contributed by atoms with Crippen LogP contribution in [0.2, 0.25) is 0 Å². The van der Waals surface area contributed by atoms with Crippen molar-refractivity contribution < 1.29 is 0 Å². The Morgan fingerprint density at radius 2 is 2.15 bits per heavy atom. The van der Waals surface area contributed by atoms with Gasteiger partial charge in [0.2, 0.25) is 0 Å². The highest BCUT2D eigenvalue weighted by molar-refractivity contribution is 5.17. The Morgan fingerprint density at radius 1 is 1.46 bits per heavy atom. The molecule has 0 fully saturated rings. The maximum atomic E-state index is 4.36. The summed E-state index contributed by atoms with van der Waals surface area (Å²) >= 11 is 0. The van der Waals surface area contributed by atoms with Gasteiger partial charge in [0.1, 0.15) is 0 Å². The number of aryl methyl sites for hydroxylation is 1. The van der Waals surface area contributed by atoms with E-state index >= 15 is 0 Å². The Labute approximate surface area is 80.6 Å². The van der Waals surface area contributed by atoms with E-state index in [0.29, 0.717) is 6.04 Å². The van der Waals surface area contributed by atoms with Gasteiger partial charge in [-0.05, 0) is 39.4 Å². The average Bonchev–Trinajstić information content (AvgIpc) is 2.08. The molecule has 0 N–H and O–H groups in total. The molecule has 0 aromatic carbocycles. The molecule has 1 heterocycles. The van der Waals surface area contributed by atoms with E-state index in [9.17, 15) is 0 Å². The Bertz CT molecular complexity index is 269. The molecule has 0 bridgehead atoms.